The van der Waals surface area contributed by atoms with Crippen LogP contribution in [0.25, 0.3) is 0 Å². The van der Waals surface area contributed by atoms with Crippen molar-refractivity contribution in [1.82, 2.24) is 5.32 Å². The number of methoxy groups -OCH3 is 1. The maximum atomic E-state index is 13.8. The van der Waals surface area contributed by atoms with Crippen molar-refractivity contribution in [2.45, 2.75) is 32.2 Å². The molecule has 3 nitrogen and oxygen atoms in total. The topological polar surface area (TPSA) is 41.5 Å². The second-order valence-electron chi connectivity index (χ2n) is 4.55. The summed E-state index contributed by atoms with van der Waals surface area (Å²) in [6.07, 6.45) is 2.88. The molecule has 4 heteroatoms. The highest BCUT2D eigenvalue weighted by atomic mass is 19.1. The van der Waals surface area contributed by atoms with Crippen molar-refractivity contribution in [3.63, 3.8) is 0 Å². The molecule has 94 valence electrons. The van der Waals surface area contributed by atoms with Crippen LogP contribution in [0.5, 0.6) is 11.5 Å². The molecule has 0 aromatic heterocycles. The summed E-state index contributed by atoms with van der Waals surface area (Å²) in [4.78, 5) is 0. The van der Waals surface area contributed by atoms with E-state index in [4.69, 9.17) is 4.74 Å². The quantitative estimate of drug-likeness (QED) is 0.849. The molecule has 2 rings (SSSR count). The lowest BCUT2D eigenvalue weighted by Crippen LogP contribution is -2.23. The molecule has 0 bridgehead atoms. The molecule has 17 heavy (non-hydrogen) atoms. The Labute approximate surface area is 101 Å². The van der Waals surface area contributed by atoms with Crippen molar-refractivity contribution >= 4 is 0 Å². The summed E-state index contributed by atoms with van der Waals surface area (Å²) in [7, 11) is 1.41. The number of aryl methyl sites for hydroxylation is 1. The number of halogens is 1. The molecule has 1 unspecified atom stereocenters. The Morgan fingerprint density at radius 2 is 2.35 bits per heavy atom. The molecule has 1 aromatic rings. The molecule has 0 aliphatic carbocycles. The molecule has 1 atom stereocenters. The zero-order valence-electron chi connectivity index (χ0n) is 10.2. The highest BCUT2D eigenvalue weighted by molar-refractivity contribution is 5.47. The molecule has 0 amide bonds. The smallest absolute Gasteiger partial charge is 0.207 e. The number of hydrogen-bond donors (Lipinski definition) is 2. The predicted octanol–water partition coefficient (Wildman–Crippen LogP) is 2.14. The Morgan fingerprint density at radius 3 is 2.94 bits per heavy atom. The summed E-state index contributed by atoms with van der Waals surface area (Å²) in [5, 5.41) is 13.1. The first-order chi connectivity index (χ1) is 8.13. The van der Waals surface area contributed by atoms with Gasteiger partial charge in [0, 0.05) is 6.04 Å². The number of nitrogens with one attached hydrogen (secondary N) is 1. The van der Waals surface area contributed by atoms with Crippen molar-refractivity contribution in [3.8, 4) is 11.5 Å². The molecule has 1 fully saturated rings. The zero-order valence-corrected chi connectivity index (χ0v) is 10.2. The van der Waals surface area contributed by atoms with Crippen LogP contribution in [0.1, 0.15) is 24.0 Å². The summed E-state index contributed by atoms with van der Waals surface area (Å²) < 4.78 is 18.7. The first-order valence-electron chi connectivity index (χ1n) is 5.91. The number of aromatic hydroxyl groups is 1. The van der Waals surface area contributed by atoms with Crippen LogP contribution in [-0.2, 0) is 6.42 Å². The van der Waals surface area contributed by atoms with Gasteiger partial charge in [0.1, 0.15) is 0 Å². The SMILES string of the molecule is COc1c(C)cc(CC2CCCN2)c(O)c1F. The van der Waals surface area contributed by atoms with E-state index in [-0.39, 0.29) is 11.5 Å². The molecule has 1 aliphatic rings. The van der Waals surface area contributed by atoms with E-state index in [0.717, 1.165) is 24.9 Å². The summed E-state index contributed by atoms with van der Waals surface area (Å²) in [6.45, 7) is 2.79. The van der Waals surface area contributed by atoms with Crippen LogP contribution in [0, 0.1) is 12.7 Å². The third-order valence-electron chi connectivity index (χ3n) is 3.29. The number of ether oxygens (including phenoxy) is 1. The Kier molecular flexibility index (Phi) is 3.52. The molecule has 1 heterocycles. The van der Waals surface area contributed by atoms with E-state index in [9.17, 15) is 9.50 Å². The highest BCUT2D eigenvalue weighted by Gasteiger charge is 2.20. The number of rotatable bonds is 3. The van der Waals surface area contributed by atoms with Gasteiger partial charge in [-0.3, -0.25) is 0 Å². The van der Waals surface area contributed by atoms with E-state index < -0.39 is 5.82 Å². The fourth-order valence-electron chi connectivity index (χ4n) is 2.42. The average molecular weight is 239 g/mol. The Bertz CT molecular complexity index is 414. The molecule has 1 saturated heterocycles. The number of phenols is 1. The molecular formula is C13H18FNO2. The van der Waals surface area contributed by atoms with E-state index in [0.29, 0.717) is 18.0 Å². The first kappa shape index (κ1) is 12.2. The van der Waals surface area contributed by atoms with Crippen molar-refractivity contribution in [2.24, 2.45) is 0 Å². The largest absolute Gasteiger partial charge is 0.505 e. The third kappa shape index (κ3) is 2.36. The van der Waals surface area contributed by atoms with E-state index in [1.807, 2.05) is 0 Å². The van der Waals surface area contributed by atoms with Gasteiger partial charge in [0.2, 0.25) is 5.82 Å². The van der Waals surface area contributed by atoms with Crippen molar-refractivity contribution in [1.29, 1.82) is 0 Å². The number of phenolic OH excluding ortho intramolecular Hbond substituents is 1. The summed E-state index contributed by atoms with van der Waals surface area (Å²) in [5.74, 6) is -0.799. The number of benzene rings is 1. The molecule has 0 spiro atoms. The third-order valence-corrected chi connectivity index (χ3v) is 3.29. The Balaban J connectivity index is 2.28. The minimum Gasteiger partial charge on any atom is -0.505 e. The van der Waals surface area contributed by atoms with Gasteiger partial charge in [0.15, 0.2) is 11.5 Å². The fourth-order valence-corrected chi connectivity index (χ4v) is 2.42. The van der Waals surface area contributed by atoms with Gasteiger partial charge in [0.25, 0.3) is 0 Å². The van der Waals surface area contributed by atoms with Crippen LogP contribution in [-0.4, -0.2) is 24.8 Å². The second-order valence-corrected chi connectivity index (χ2v) is 4.55. The minimum atomic E-state index is -0.652. The van der Waals surface area contributed by atoms with Crippen LogP contribution < -0.4 is 10.1 Å². The minimum absolute atomic E-state index is 0.130. The molecular weight excluding hydrogens is 221 g/mol. The predicted molar refractivity (Wildman–Crippen MR) is 64.1 cm³/mol. The van der Waals surface area contributed by atoms with Crippen molar-refractivity contribution < 1.29 is 14.2 Å². The Hall–Kier alpha value is -1.29. The summed E-state index contributed by atoms with van der Waals surface area (Å²) in [6, 6.07) is 2.14. The zero-order chi connectivity index (χ0) is 12.4. The van der Waals surface area contributed by atoms with Gasteiger partial charge in [0.05, 0.1) is 7.11 Å². The van der Waals surface area contributed by atoms with E-state index in [1.54, 1.807) is 13.0 Å². The maximum Gasteiger partial charge on any atom is 0.207 e. The van der Waals surface area contributed by atoms with Gasteiger partial charge < -0.3 is 15.2 Å². The normalized spacial score (nSPS) is 19.6. The highest BCUT2D eigenvalue weighted by Crippen LogP contribution is 2.33. The molecule has 1 aromatic carbocycles. The van der Waals surface area contributed by atoms with Gasteiger partial charge >= 0.3 is 0 Å². The lowest BCUT2D eigenvalue weighted by molar-refractivity contribution is 0.358. The molecule has 1 aliphatic heterocycles. The summed E-state index contributed by atoms with van der Waals surface area (Å²) >= 11 is 0. The van der Waals surface area contributed by atoms with E-state index in [1.165, 1.54) is 7.11 Å². The van der Waals surface area contributed by atoms with E-state index >= 15 is 0 Å². The van der Waals surface area contributed by atoms with Gasteiger partial charge in [-0.2, -0.15) is 4.39 Å². The van der Waals surface area contributed by atoms with Crippen LogP contribution in [0.2, 0.25) is 0 Å². The molecule has 0 radical (unpaired) electrons. The monoisotopic (exact) mass is 239 g/mol. The van der Waals surface area contributed by atoms with Crippen LogP contribution in [0.4, 0.5) is 4.39 Å². The molecule has 0 saturated carbocycles. The van der Waals surface area contributed by atoms with Crippen LogP contribution >= 0.6 is 0 Å². The Morgan fingerprint density at radius 1 is 1.59 bits per heavy atom. The van der Waals surface area contributed by atoms with Crippen molar-refractivity contribution in [3.05, 3.63) is 23.0 Å². The van der Waals surface area contributed by atoms with Crippen LogP contribution in [0.15, 0.2) is 6.07 Å². The van der Waals surface area contributed by atoms with Gasteiger partial charge in [-0.25, -0.2) is 0 Å². The van der Waals surface area contributed by atoms with Crippen LogP contribution in [0.3, 0.4) is 0 Å². The molecule has 2 N–H and O–H groups in total. The lowest BCUT2D eigenvalue weighted by atomic mass is 10.0. The van der Waals surface area contributed by atoms with Gasteiger partial charge in [-0.1, -0.05) is 0 Å². The average Bonchev–Trinajstić information content (AvgIpc) is 2.79. The fraction of sp³-hybridized carbons (Fsp3) is 0.538. The number of hydrogen-bond acceptors (Lipinski definition) is 3. The van der Waals surface area contributed by atoms with Gasteiger partial charge in [-0.05, 0) is 49.9 Å². The standard InChI is InChI=1S/C13H18FNO2/c1-8-6-9(7-10-4-3-5-15-10)12(16)11(14)13(8)17-2/h6,10,15-16H,3-5,7H2,1-2H3. The maximum absolute atomic E-state index is 13.8. The first-order valence-corrected chi connectivity index (χ1v) is 5.91. The second kappa shape index (κ2) is 4.92. The van der Waals surface area contributed by atoms with Gasteiger partial charge in [-0.15, -0.1) is 0 Å². The summed E-state index contributed by atoms with van der Waals surface area (Å²) in [5.41, 5.74) is 1.37. The van der Waals surface area contributed by atoms with E-state index in [2.05, 4.69) is 5.32 Å². The van der Waals surface area contributed by atoms with Crippen molar-refractivity contribution in [2.75, 3.05) is 13.7 Å². The lowest BCUT2D eigenvalue weighted by Gasteiger charge is -2.15.